The summed E-state index contributed by atoms with van der Waals surface area (Å²) in [6.45, 7) is 0.761. The fourth-order valence-electron chi connectivity index (χ4n) is 2.96. The third kappa shape index (κ3) is 4.86. The molecule has 3 rings (SSSR count). The van der Waals surface area contributed by atoms with Gasteiger partial charge in [-0.1, -0.05) is 41.4 Å². The predicted molar refractivity (Wildman–Crippen MR) is 106 cm³/mol. The molecular formula is C19H14Cl2F3N3O4. The third-order valence-corrected chi connectivity index (χ3v) is 5.29. The topological polar surface area (TPSA) is 87.7 Å². The molecule has 7 nitrogen and oxygen atoms in total. The maximum atomic E-state index is 12.9. The van der Waals surface area contributed by atoms with Crippen LogP contribution in [0.1, 0.15) is 12.5 Å². The Hall–Kier alpha value is -2.98. The molecule has 1 heterocycles. The molecule has 31 heavy (non-hydrogen) atoms. The van der Waals surface area contributed by atoms with Crippen molar-refractivity contribution < 1.29 is 32.3 Å². The first kappa shape index (κ1) is 22.7. The number of urea groups is 1. The zero-order valence-corrected chi connectivity index (χ0v) is 17.2. The van der Waals surface area contributed by atoms with Gasteiger partial charge < -0.3 is 15.4 Å². The lowest BCUT2D eigenvalue weighted by molar-refractivity contribution is -0.274. The van der Waals surface area contributed by atoms with Crippen LogP contribution in [0.25, 0.3) is 0 Å². The average molecular weight is 476 g/mol. The summed E-state index contributed by atoms with van der Waals surface area (Å²) in [5.74, 6) is -1.94. The van der Waals surface area contributed by atoms with Crippen molar-refractivity contribution in [1.29, 1.82) is 0 Å². The molecular weight excluding hydrogens is 462 g/mol. The van der Waals surface area contributed by atoms with Crippen molar-refractivity contribution in [1.82, 2.24) is 10.2 Å². The highest BCUT2D eigenvalue weighted by molar-refractivity contribution is 6.44. The van der Waals surface area contributed by atoms with E-state index in [1.165, 1.54) is 31.2 Å². The van der Waals surface area contributed by atoms with Crippen molar-refractivity contribution in [2.75, 3.05) is 11.9 Å². The van der Waals surface area contributed by atoms with Gasteiger partial charge in [0.25, 0.3) is 5.91 Å². The van der Waals surface area contributed by atoms with Gasteiger partial charge >= 0.3 is 12.4 Å². The van der Waals surface area contributed by atoms with Crippen LogP contribution in [0.3, 0.4) is 0 Å². The molecule has 1 unspecified atom stereocenters. The minimum absolute atomic E-state index is 0.0979. The Morgan fingerprint density at radius 3 is 2.42 bits per heavy atom. The second kappa shape index (κ2) is 8.27. The first-order valence-corrected chi connectivity index (χ1v) is 9.40. The van der Waals surface area contributed by atoms with Crippen molar-refractivity contribution in [2.24, 2.45) is 0 Å². The van der Waals surface area contributed by atoms with Crippen LogP contribution >= 0.6 is 23.2 Å². The van der Waals surface area contributed by atoms with Crippen molar-refractivity contribution in [3.05, 3.63) is 58.1 Å². The summed E-state index contributed by atoms with van der Waals surface area (Å²) < 4.78 is 40.7. The largest absolute Gasteiger partial charge is 0.573 e. The Bertz CT molecular complexity index is 1050. The molecule has 1 fully saturated rings. The summed E-state index contributed by atoms with van der Waals surface area (Å²) >= 11 is 11.9. The first-order chi connectivity index (χ1) is 14.4. The summed E-state index contributed by atoms with van der Waals surface area (Å²) in [6, 6.07) is 8.20. The molecule has 12 heteroatoms. The van der Waals surface area contributed by atoms with Crippen LogP contribution in [0.15, 0.2) is 42.5 Å². The molecule has 1 aliphatic heterocycles. The molecule has 2 aromatic carbocycles. The van der Waals surface area contributed by atoms with Gasteiger partial charge in [0.15, 0.2) is 0 Å². The minimum Gasteiger partial charge on any atom is -0.406 e. The Morgan fingerprint density at radius 1 is 1.16 bits per heavy atom. The number of hydrogen-bond acceptors (Lipinski definition) is 4. The van der Waals surface area contributed by atoms with E-state index in [1.54, 1.807) is 6.07 Å². The summed E-state index contributed by atoms with van der Waals surface area (Å²) in [7, 11) is 0. The molecule has 2 N–H and O–H groups in total. The van der Waals surface area contributed by atoms with E-state index < -0.39 is 42.0 Å². The van der Waals surface area contributed by atoms with E-state index in [0.717, 1.165) is 12.1 Å². The zero-order valence-electron chi connectivity index (χ0n) is 15.7. The van der Waals surface area contributed by atoms with Gasteiger partial charge in [-0.05, 0) is 36.8 Å². The van der Waals surface area contributed by atoms with E-state index in [2.05, 4.69) is 15.4 Å². The van der Waals surface area contributed by atoms with E-state index in [1.807, 2.05) is 0 Å². The third-order valence-electron chi connectivity index (χ3n) is 4.47. The number of benzene rings is 2. The summed E-state index contributed by atoms with van der Waals surface area (Å²) in [6.07, 6.45) is -4.86. The molecule has 1 atom stereocenters. The molecule has 2 aromatic rings. The van der Waals surface area contributed by atoms with E-state index in [-0.39, 0.29) is 21.3 Å². The molecule has 0 radical (unpaired) electrons. The van der Waals surface area contributed by atoms with E-state index in [4.69, 9.17) is 23.2 Å². The highest BCUT2D eigenvalue weighted by atomic mass is 35.5. The van der Waals surface area contributed by atoms with Gasteiger partial charge in [-0.3, -0.25) is 14.5 Å². The quantitative estimate of drug-likeness (QED) is 0.631. The number of amides is 4. The molecule has 0 bridgehead atoms. The number of imide groups is 1. The Morgan fingerprint density at radius 2 is 1.81 bits per heavy atom. The number of ether oxygens (including phenoxy) is 1. The van der Waals surface area contributed by atoms with Gasteiger partial charge in [-0.25, -0.2) is 4.79 Å². The molecule has 0 spiro atoms. The standard InChI is InChI=1S/C19H14Cl2F3N3O4/c1-18(10-5-7-11(8-6-10)31-19(22,23)24)16(29)27(17(30)26-18)9-14(28)25-13-4-2-3-12(20)15(13)21/h2-8H,9H2,1H3,(H,25,28)(H,26,30). The molecule has 0 aromatic heterocycles. The van der Waals surface area contributed by atoms with Crippen molar-refractivity contribution in [3.63, 3.8) is 0 Å². The second-order valence-electron chi connectivity index (χ2n) is 6.67. The first-order valence-electron chi connectivity index (χ1n) is 8.65. The second-order valence-corrected chi connectivity index (χ2v) is 7.45. The van der Waals surface area contributed by atoms with E-state index in [9.17, 15) is 27.6 Å². The number of halogens is 5. The maximum absolute atomic E-state index is 12.9. The van der Waals surface area contributed by atoms with Crippen molar-refractivity contribution >= 4 is 46.7 Å². The number of anilines is 1. The van der Waals surface area contributed by atoms with Gasteiger partial charge in [-0.2, -0.15) is 0 Å². The average Bonchev–Trinajstić information content (AvgIpc) is 2.89. The number of nitrogens with one attached hydrogen (secondary N) is 2. The summed E-state index contributed by atoms with van der Waals surface area (Å²) in [4.78, 5) is 38.2. The van der Waals surface area contributed by atoms with E-state index >= 15 is 0 Å². The summed E-state index contributed by atoms with van der Waals surface area (Å²) in [5, 5.41) is 5.22. The van der Waals surface area contributed by atoms with Crippen LogP contribution in [-0.2, 0) is 15.1 Å². The molecule has 164 valence electrons. The number of alkyl halides is 3. The number of carbonyl (C=O) groups excluding carboxylic acids is 3. The molecule has 1 saturated heterocycles. The molecule has 0 aliphatic carbocycles. The fraction of sp³-hybridized carbons (Fsp3) is 0.211. The van der Waals surface area contributed by atoms with Crippen LogP contribution < -0.4 is 15.4 Å². The summed E-state index contributed by atoms with van der Waals surface area (Å²) in [5.41, 5.74) is -1.17. The lowest BCUT2D eigenvalue weighted by Crippen LogP contribution is -2.42. The van der Waals surface area contributed by atoms with Gasteiger partial charge in [0, 0.05) is 0 Å². The Labute approximate surface area is 184 Å². The lowest BCUT2D eigenvalue weighted by atomic mass is 9.92. The Kier molecular flexibility index (Phi) is 6.06. The van der Waals surface area contributed by atoms with Crippen molar-refractivity contribution in [2.45, 2.75) is 18.8 Å². The normalized spacial score (nSPS) is 18.7. The van der Waals surface area contributed by atoms with Gasteiger partial charge in [0.2, 0.25) is 5.91 Å². The van der Waals surface area contributed by atoms with Crippen LogP contribution in [0.5, 0.6) is 5.75 Å². The van der Waals surface area contributed by atoms with Gasteiger partial charge in [-0.15, -0.1) is 13.2 Å². The highest BCUT2D eigenvalue weighted by Crippen LogP contribution is 2.32. The van der Waals surface area contributed by atoms with E-state index in [0.29, 0.717) is 4.90 Å². The molecule has 4 amide bonds. The van der Waals surface area contributed by atoms with Gasteiger partial charge in [0.05, 0.1) is 15.7 Å². The number of carbonyl (C=O) groups is 3. The molecule has 0 saturated carbocycles. The SMILES string of the molecule is CC1(c2ccc(OC(F)(F)F)cc2)NC(=O)N(CC(=O)Nc2cccc(Cl)c2Cl)C1=O. The van der Waals surface area contributed by atoms with Crippen LogP contribution in [0, 0.1) is 0 Å². The monoisotopic (exact) mass is 475 g/mol. The van der Waals surface area contributed by atoms with Crippen molar-refractivity contribution in [3.8, 4) is 5.75 Å². The lowest BCUT2D eigenvalue weighted by Gasteiger charge is -2.22. The highest BCUT2D eigenvalue weighted by Gasteiger charge is 2.49. The van der Waals surface area contributed by atoms with Crippen LogP contribution in [0.2, 0.25) is 10.0 Å². The number of hydrogen-bond donors (Lipinski definition) is 2. The number of nitrogens with zero attached hydrogens (tertiary/aromatic N) is 1. The van der Waals surface area contributed by atoms with Gasteiger partial charge in [0.1, 0.15) is 17.8 Å². The van der Waals surface area contributed by atoms with Crippen LogP contribution in [-0.4, -0.2) is 35.7 Å². The smallest absolute Gasteiger partial charge is 0.406 e. The fourth-order valence-corrected chi connectivity index (χ4v) is 3.31. The zero-order chi connectivity index (χ0) is 23.0. The molecule has 1 aliphatic rings. The number of rotatable bonds is 5. The Balaban J connectivity index is 1.73. The van der Waals surface area contributed by atoms with Crippen LogP contribution in [0.4, 0.5) is 23.7 Å². The predicted octanol–water partition coefficient (Wildman–Crippen LogP) is 4.30. The minimum atomic E-state index is -4.86. The maximum Gasteiger partial charge on any atom is 0.573 e.